The fourth-order valence-electron chi connectivity index (χ4n) is 2.11. The first-order chi connectivity index (χ1) is 5.26. The van der Waals surface area contributed by atoms with Crippen LogP contribution in [0.1, 0.15) is 12.8 Å². The lowest BCUT2D eigenvalue weighted by atomic mass is 9.57. The summed E-state index contributed by atoms with van der Waals surface area (Å²) in [6, 6.07) is 0. The van der Waals surface area contributed by atoms with Crippen LogP contribution in [0.15, 0.2) is 0 Å². The molecule has 1 saturated heterocycles. The predicted molar refractivity (Wildman–Crippen MR) is 40.1 cm³/mol. The van der Waals surface area contributed by atoms with E-state index in [1.54, 1.807) is 0 Å². The van der Waals surface area contributed by atoms with E-state index in [-0.39, 0.29) is 18.3 Å². The van der Waals surface area contributed by atoms with Crippen LogP contribution in [-0.4, -0.2) is 30.6 Å². The second-order valence-corrected chi connectivity index (χ2v) is 3.83. The lowest BCUT2D eigenvalue weighted by molar-refractivity contribution is -0.135. The number of carbonyl (C=O) groups excluding carboxylic acids is 1. The number of rotatable bonds is 2. The summed E-state index contributed by atoms with van der Waals surface area (Å²) in [5.74, 6) is 0.199. The average molecular weight is 155 g/mol. The minimum Gasteiger partial charge on any atom is -0.389 e. The molecule has 3 heteroatoms. The topological polar surface area (TPSA) is 49.3 Å². The van der Waals surface area contributed by atoms with Gasteiger partial charge in [0.25, 0.3) is 0 Å². The highest BCUT2D eigenvalue weighted by Crippen LogP contribution is 2.48. The smallest absolute Gasteiger partial charge is 0.161 e. The van der Waals surface area contributed by atoms with Gasteiger partial charge in [-0.1, -0.05) is 0 Å². The summed E-state index contributed by atoms with van der Waals surface area (Å²) in [5, 5.41) is 11.8. The molecule has 2 rings (SSSR count). The van der Waals surface area contributed by atoms with Gasteiger partial charge in [-0.05, 0) is 18.3 Å². The van der Waals surface area contributed by atoms with E-state index in [1.165, 1.54) is 0 Å². The van der Waals surface area contributed by atoms with E-state index in [2.05, 4.69) is 5.32 Å². The van der Waals surface area contributed by atoms with Crippen LogP contribution >= 0.6 is 0 Å². The molecule has 0 aromatic heterocycles. The molecule has 0 radical (unpaired) electrons. The number of hydrogen-bond donors (Lipinski definition) is 2. The van der Waals surface area contributed by atoms with Crippen LogP contribution in [0.2, 0.25) is 0 Å². The molecule has 0 unspecified atom stereocenters. The molecule has 3 nitrogen and oxygen atoms in total. The highest BCUT2D eigenvalue weighted by Gasteiger charge is 2.50. The summed E-state index contributed by atoms with van der Waals surface area (Å²) >= 11 is 0. The fraction of sp³-hybridized carbons (Fsp3) is 0.875. The number of hydrogen-bond acceptors (Lipinski definition) is 3. The molecule has 0 bridgehead atoms. The highest BCUT2D eigenvalue weighted by atomic mass is 16.3. The Balaban J connectivity index is 1.83. The molecule has 0 aromatic rings. The lowest BCUT2D eigenvalue weighted by Gasteiger charge is -2.53. The quantitative estimate of drug-likeness (QED) is 0.567. The van der Waals surface area contributed by atoms with E-state index in [1.807, 2.05) is 0 Å². The van der Waals surface area contributed by atoms with Gasteiger partial charge in [0.15, 0.2) is 5.78 Å². The van der Waals surface area contributed by atoms with Crippen molar-refractivity contribution in [3.63, 3.8) is 0 Å². The molecule has 1 heterocycles. The fourth-order valence-corrected chi connectivity index (χ4v) is 2.11. The number of Topliss-reactive ketones (excluding diaryl/α,β-unsaturated/α-hetero) is 1. The third kappa shape index (κ3) is 0.993. The molecule has 2 N–H and O–H groups in total. The van der Waals surface area contributed by atoms with Crippen LogP contribution in [0.4, 0.5) is 0 Å². The van der Waals surface area contributed by atoms with Gasteiger partial charge < -0.3 is 10.4 Å². The number of aliphatic hydroxyl groups excluding tert-OH is 1. The van der Waals surface area contributed by atoms with Gasteiger partial charge in [0.1, 0.15) is 6.61 Å². The highest BCUT2D eigenvalue weighted by molar-refractivity contribution is 5.83. The number of ketones is 1. The lowest BCUT2D eigenvalue weighted by Crippen LogP contribution is -2.61. The first-order valence-corrected chi connectivity index (χ1v) is 4.10. The maximum absolute atomic E-state index is 11.0. The van der Waals surface area contributed by atoms with Gasteiger partial charge in [-0.25, -0.2) is 0 Å². The third-order valence-electron chi connectivity index (χ3n) is 2.97. The molecule has 2 aliphatic rings. The van der Waals surface area contributed by atoms with Gasteiger partial charge in [0.05, 0.1) is 0 Å². The Morgan fingerprint density at radius 3 is 2.55 bits per heavy atom. The van der Waals surface area contributed by atoms with Crippen LogP contribution in [0.3, 0.4) is 0 Å². The van der Waals surface area contributed by atoms with E-state index in [4.69, 9.17) is 5.11 Å². The zero-order chi connectivity index (χ0) is 7.90. The third-order valence-corrected chi connectivity index (χ3v) is 2.97. The van der Waals surface area contributed by atoms with Crippen molar-refractivity contribution >= 4 is 5.78 Å². The Kier molecular flexibility index (Phi) is 1.51. The van der Waals surface area contributed by atoms with E-state index in [0.29, 0.717) is 5.41 Å². The number of carbonyl (C=O) groups is 1. The Hall–Kier alpha value is -0.410. The number of nitrogens with one attached hydrogen (secondary N) is 1. The molecule has 0 amide bonds. The Morgan fingerprint density at radius 1 is 1.55 bits per heavy atom. The summed E-state index contributed by atoms with van der Waals surface area (Å²) in [4.78, 5) is 11.0. The SMILES string of the molecule is O=C(CO)C1CC2(CNC2)C1. The second kappa shape index (κ2) is 2.29. The summed E-state index contributed by atoms with van der Waals surface area (Å²) < 4.78 is 0. The van der Waals surface area contributed by atoms with Gasteiger partial charge in [-0.2, -0.15) is 0 Å². The van der Waals surface area contributed by atoms with Crippen LogP contribution in [-0.2, 0) is 4.79 Å². The van der Waals surface area contributed by atoms with Crippen molar-refractivity contribution in [1.29, 1.82) is 0 Å². The zero-order valence-electron chi connectivity index (χ0n) is 6.47. The average Bonchev–Trinajstić information content (AvgIpc) is 1.81. The van der Waals surface area contributed by atoms with Crippen molar-refractivity contribution in [3.05, 3.63) is 0 Å². The Morgan fingerprint density at radius 2 is 2.18 bits per heavy atom. The molecule has 11 heavy (non-hydrogen) atoms. The van der Waals surface area contributed by atoms with Crippen LogP contribution in [0, 0.1) is 11.3 Å². The maximum atomic E-state index is 11.0. The molecular weight excluding hydrogens is 142 g/mol. The second-order valence-electron chi connectivity index (χ2n) is 3.83. The van der Waals surface area contributed by atoms with Gasteiger partial charge >= 0.3 is 0 Å². The molecular formula is C8H13NO2. The first kappa shape index (κ1) is 7.25. The van der Waals surface area contributed by atoms with Crippen molar-refractivity contribution in [3.8, 4) is 0 Å². The molecule has 1 spiro atoms. The van der Waals surface area contributed by atoms with Crippen molar-refractivity contribution in [2.45, 2.75) is 12.8 Å². The van der Waals surface area contributed by atoms with Gasteiger partial charge in [-0.3, -0.25) is 4.79 Å². The number of aliphatic hydroxyl groups is 1. The van der Waals surface area contributed by atoms with Crippen LogP contribution < -0.4 is 5.32 Å². The largest absolute Gasteiger partial charge is 0.389 e. The molecule has 0 aromatic carbocycles. The molecule has 0 atom stereocenters. The minimum absolute atomic E-state index is 0.0301. The summed E-state index contributed by atoms with van der Waals surface area (Å²) in [5.41, 5.74) is 0.454. The van der Waals surface area contributed by atoms with Crippen LogP contribution in [0.5, 0.6) is 0 Å². The molecule has 62 valence electrons. The van der Waals surface area contributed by atoms with E-state index in [9.17, 15) is 4.79 Å². The first-order valence-electron chi connectivity index (χ1n) is 4.10. The molecule has 2 fully saturated rings. The van der Waals surface area contributed by atoms with Gasteiger partial charge in [-0.15, -0.1) is 0 Å². The monoisotopic (exact) mass is 155 g/mol. The van der Waals surface area contributed by atoms with Crippen molar-refractivity contribution in [2.75, 3.05) is 19.7 Å². The van der Waals surface area contributed by atoms with Gasteiger partial charge in [0, 0.05) is 19.0 Å². The normalized spacial score (nSPS) is 27.7. The van der Waals surface area contributed by atoms with E-state index in [0.717, 1.165) is 25.9 Å². The summed E-state index contributed by atoms with van der Waals surface area (Å²) in [6.07, 6.45) is 2.00. The van der Waals surface area contributed by atoms with Crippen molar-refractivity contribution in [2.24, 2.45) is 11.3 Å². The van der Waals surface area contributed by atoms with Gasteiger partial charge in [0.2, 0.25) is 0 Å². The van der Waals surface area contributed by atoms with E-state index >= 15 is 0 Å². The molecule has 1 aliphatic carbocycles. The maximum Gasteiger partial charge on any atom is 0.161 e. The molecule has 1 saturated carbocycles. The van der Waals surface area contributed by atoms with Crippen molar-refractivity contribution < 1.29 is 9.90 Å². The van der Waals surface area contributed by atoms with Crippen molar-refractivity contribution in [1.82, 2.24) is 5.32 Å². The van der Waals surface area contributed by atoms with E-state index < -0.39 is 0 Å². The minimum atomic E-state index is -0.270. The standard InChI is InChI=1S/C8H13NO2/c10-3-7(11)6-1-8(2-6)4-9-5-8/h6,9-10H,1-5H2. The summed E-state index contributed by atoms with van der Waals surface area (Å²) in [7, 11) is 0. The predicted octanol–water partition coefficient (Wildman–Crippen LogP) is -0.453. The summed E-state index contributed by atoms with van der Waals surface area (Å²) in [6.45, 7) is 1.87. The zero-order valence-corrected chi connectivity index (χ0v) is 6.47. The van der Waals surface area contributed by atoms with Crippen LogP contribution in [0.25, 0.3) is 0 Å². The molecule has 1 aliphatic heterocycles. The Bertz CT molecular complexity index is 179. The Labute approximate surface area is 65.8 Å².